The first-order valence-electron chi connectivity index (χ1n) is 9.22. The fourth-order valence-corrected chi connectivity index (χ4v) is 3.19. The Hall–Kier alpha value is -2.42. The molecule has 2 aromatic rings. The van der Waals surface area contributed by atoms with Gasteiger partial charge in [0.25, 0.3) is 0 Å². The maximum Gasteiger partial charge on any atom is 0.319 e. The Balaban J connectivity index is 1.41. The molecular formula is C19H25ClN6O2. The number of nitrogens with zero attached hydrogens (tertiary/aromatic N) is 4. The number of ether oxygens (including phenoxy) is 1. The molecule has 0 spiro atoms. The van der Waals surface area contributed by atoms with Crippen LogP contribution >= 0.6 is 11.6 Å². The van der Waals surface area contributed by atoms with Gasteiger partial charge in [0.2, 0.25) is 0 Å². The summed E-state index contributed by atoms with van der Waals surface area (Å²) in [4.78, 5) is 24.3. The van der Waals surface area contributed by atoms with Gasteiger partial charge in [0.15, 0.2) is 0 Å². The molecular weight excluding hydrogens is 380 g/mol. The van der Waals surface area contributed by atoms with E-state index in [-0.39, 0.29) is 5.97 Å². The zero-order valence-electron chi connectivity index (χ0n) is 15.9. The summed E-state index contributed by atoms with van der Waals surface area (Å²) in [6.07, 6.45) is 1.53. The van der Waals surface area contributed by atoms with E-state index in [1.54, 1.807) is 0 Å². The molecule has 2 heterocycles. The number of aromatic nitrogens is 2. The topological polar surface area (TPSA) is 82.6 Å². The highest BCUT2D eigenvalue weighted by Crippen LogP contribution is 2.19. The molecule has 9 heteroatoms. The summed E-state index contributed by atoms with van der Waals surface area (Å²) in [6, 6.07) is 9.36. The largest absolute Gasteiger partial charge is 0.468 e. The van der Waals surface area contributed by atoms with E-state index in [4.69, 9.17) is 16.3 Å². The molecule has 0 saturated carbocycles. The molecule has 1 aliphatic rings. The average molecular weight is 405 g/mol. The summed E-state index contributed by atoms with van der Waals surface area (Å²) in [7, 11) is 1.42. The zero-order valence-corrected chi connectivity index (χ0v) is 16.7. The van der Waals surface area contributed by atoms with Gasteiger partial charge in [-0.2, -0.15) is 0 Å². The standard InChI is InChI=1S/C19H25ClN6O2/c1-28-19(27)13-26-9-7-25(8-10-26)6-5-21-17-12-18(23-14-22-17)24-16-4-2-3-15(20)11-16/h2-4,11-12,14H,5-10,13H2,1H3,(H2,21,22,23,24). The highest BCUT2D eigenvalue weighted by molar-refractivity contribution is 6.30. The van der Waals surface area contributed by atoms with Crippen LogP contribution in [0.4, 0.5) is 17.3 Å². The third-order valence-electron chi connectivity index (χ3n) is 4.54. The van der Waals surface area contributed by atoms with Crippen LogP contribution < -0.4 is 10.6 Å². The number of anilines is 3. The number of methoxy groups -OCH3 is 1. The van der Waals surface area contributed by atoms with E-state index in [1.807, 2.05) is 30.3 Å². The Morgan fingerprint density at radius 3 is 2.64 bits per heavy atom. The van der Waals surface area contributed by atoms with Crippen LogP contribution in [0.25, 0.3) is 0 Å². The summed E-state index contributed by atoms with van der Waals surface area (Å²) in [5.41, 5.74) is 0.877. The molecule has 0 amide bonds. The second-order valence-corrected chi connectivity index (χ2v) is 6.98. The first-order valence-corrected chi connectivity index (χ1v) is 9.60. The van der Waals surface area contributed by atoms with Crippen molar-refractivity contribution < 1.29 is 9.53 Å². The van der Waals surface area contributed by atoms with E-state index < -0.39 is 0 Å². The number of hydrogen-bond acceptors (Lipinski definition) is 8. The summed E-state index contributed by atoms with van der Waals surface area (Å²) >= 11 is 6.01. The molecule has 0 bridgehead atoms. The molecule has 150 valence electrons. The van der Waals surface area contributed by atoms with Gasteiger partial charge < -0.3 is 15.4 Å². The number of piperazine rings is 1. The Labute approximate surface area is 169 Å². The molecule has 2 N–H and O–H groups in total. The van der Waals surface area contributed by atoms with Crippen molar-refractivity contribution in [2.45, 2.75) is 0 Å². The lowest BCUT2D eigenvalue weighted by Gasteiger charge is -2.33. The Morgan fingerprint density at radius 2 is 1.89 bits per heavy atom. The van der Waals surface area contributed by atoms with E-state index in [0.29, 0.717) is 17.4 Å². The molecule has 1 aromatic heterocycles. The van der Waals surface area contributed by atoms with Crippen LogP contribution in [0.3, 0.4) is 0 Å². The van der Waals surface area contributed by atoms with Crippen molar-refractivity contribution in [1.29, 1.82) is 0 Å². The molecule has 1 saturated heterocycles. The van der Waals surface area contributed by atoms with Crippen molar-refractivity contribution in [3.8, 4) is 0 Å². The molecule has 0 radical (unpaired) electrons. The lowest BCUT2D eigenvalue weighted by atomic mass is 10.3. The summed E-state index contributed by atoms with van der Waals surface area (Å²) in [5.74, 6) is 1.29. The lowest BCUT2D eigenvalue weighted by Crippen LogP contribution is -2.49. The zero-order chi connectivity index (χ0) is 19.8. The molecule has 8 nitrogen and oxygen atoms in total. The normalized spacial score (nSPS) is 15.2. The van der Waals surface area contributed by atoms with Gasteiger partial charge in [0.1, 0.15) is 18.0 Å². The van der Waals surface area contributed by atoms with Gasteiger partial charge >= 0.3 is 5.97 Å². The molecule has 3 rings (SSSR count). The average Bonchev–Trinajstić information content (AvgIpc) is 2.69. The fourth-order valence-electron chi connectivity index (χ4n) is 3.00. The Bertz CT molecular complexity index is 783. The van der Waals surface area contributed by atoms with Crippen LogP contribution in [0.5, 0.6) is 0 Å². The number of nitrogens with one attached hydrogen (secondary N) is 2. The summed E-state index contributed by atoms with van der Waals surface area (Å²) in [5, 5.41) is 7.23. The van der Waals surface area contributed by atoms with Gasteiger partial charge in [-0.3, -0.25) is 14.6 Å². The van der Waals surface area contributed by atoms with Crippen molar-refractivity contribution in [1.82, 2.24) is 19.8 Å². The van der Waals surface area contributed by atoms with Gasteiger partial charge in [-0.15, -0.1) is 0 Å². The number of benzene rings is 1. The number of hydrogen-bond donors (Lipinski definition) is 2. The van der Waals surface area contributed by atoms with Gasteiger partial charge in [-0.1, -0.05) is 17.7 Å². The lowest BCUT2D eigenvalue weighted by molar-refractivity contribution is -0.142. The van der Waals surface area contributed by atoms with Crippen LogP contribution in [-0.2, 0) is 9.53 Å². The van der Waals surface area contributed by atoms with Crippen LogP contribution in [0.2, 0.25) is 5.02 Å². The highest BCUT2D eigenvalue weighted by atomic mass is 35.5. The van der Waals surface area contributed by atoms with Crippen LogP contribution in [0.15, 0.2) is 36.7 Å². The smallest absolute Gasteiger partial charge is 0.319 e. The first-order chi connectivity index (χ1) is 13.6. The number of esters is 1. The van der Waals surface area contributed by atoms with E-state index in [0.717, 1.165) is 50.8 Å². The summed E-state index contributed by atoms with van der Waals surface area (Å²) < 4.78 is 4.72. The molecule has 1 fully saturated rings. The Kier molecular flexibility index (Phi) is 7.41. The second-order valence-electron chi connectivity index (χ2n) is 6.54. The second kappa shape index (κ2) is 10.2. The van der Waals surface area contributed by atoms with Crippen molar-refractivity contribution in [2.24, 2.45) is 0 Å². The Morgan fingerprint density at radius 1 is 1.14 bits per heavy atom. The van der Waals surface area contributed by atoms with Crippen LogP contribution in [0, 0.1) is 0 Å². The minimum atomic E-state index is -0.180. The number of carbonyl (C=O) groups is 1. The maximum atomic E-state index is 11.3. The van der Waals surface area contributed by atoms with Gasteiger partial charge in [-0.05, 0) is 18.2 Å². The molecule has 28 heavy (non-hydrogen) atoms. The minimum absolute atomic E-state index is 0.180. The highest BCUT2D eigenvalue weighted by Gasteiger charge is 2.18. The monoisotopic (exact) mass is 404 g/mol. The summed E-state index contributed by atoms with van der Waals surface area (Å²) in [6.45, 7) is 5.67. The third kappa shape index (κ3) is 6.33. The SMILES string of the molecule is COC(=O)CN1CCN(CCNc2cc(Nc3cccc(Cl)c3)ncn2)CC1. The minimum Gasteiger partial charge on any atom is -0.468 e. The predicted molar refractivity (Wildman–Crippen MR) is 110 cm³/mol. The molecule has 1 aliphatic heterocycles. The maximum absolute atomic E-state index is 11.3. The van der Waals surface area contributed by atoms with Crippen LogP contribution in [0.1, 0.15) is 0 Å². The molecule has 1 aromatic carbocycles. The van der Waals surface area contributed by atoms with Crippen molar-refractivity contribution >= 4 is 34.9 Å². The van der Waals surface area contributed by atoms with E-state index in [1.165, 1.54) is 13.4 Å². The van der Waals surface area contributed by atoms with Gasteiger partial charge in [0.05, 0.1) is 13.7 Å². The van der Waals surface area contributed by atoms with E-state index in [2.05, 4.69) is 30.4 Å². The predicted octanol–water partition coefficient (Wildman–Crippen LogP) is 2.08. The van der Waals surface area contributed by atoms with Crippen LogP contribution in [-0.4, -0.2) is 78.7 Å². The van der Waals surface area contributed by atoms with E-state index >= 15 is 0 Å². The third-order valence-corrected chi connectivity index (χ3v) is 4.78. The first kappa shape index (κ1) is 20.3. The number of carbonyl (C=O) groups excluding carboxylic acids is 1. The number of rotatable bonds is 8. The quantitative estimate of drug-likeness (QED) is 0.647. The number of halogens is 1. The van der Waals surface area contributed by atoms with Crippen molar-refractivity contribution in [3.63, 3.8) is 0 Å². The van der Waals surface area contributed by atoms with Gasteiger partial charge in [0, 0.05) is 56.0 Å². The van der Waals surface area contributed by atoms with Crippen molar-refractivity contribution in [3.05, 3.63) is 41.7 Å². The fraction of sp³-hybridized carbons (Fsp3) is 0.421. The molecule has 0 aliphatic carbocycles. The molecule has 0 atom stereocenters. The van der Waals surface area contributed by atoms with Crippen molar-refractivity contribution in [2.75, 3.05) is 63.6 Å². The van der Waals surface area contributed by atoms with E-state index in [9.17, 15) is 4.79 Å². The molecule has 0 unspecified atom stereocenters. The van der Waals surface area contributed by atoms with Gasteiger partial charge in [-0.25, -0.2) is 9.97 Å².